The van der Waals surface area contributed by atoms with Gasteiger partial charge in [-0.15, -0.1) is 0 Å². The summed E-state index contributed by atoms with van der Waals surface area (Å²) < 4.78 is 0. The third-order valence-corrected chi connectivity index (χ3v) is 1.67. The molecule has 0 aliphatic carbocycles. The molecule has 0 fully saturated rings. The predicted molar refractivity (Wildman–Crippen MR) is 68.2 cm³/mol. The van der Waals surface area contributed by atoms with Gasteiger partial charge in [-0.05, 0) is 12.1 Å². The van der Waals surface area contributed by atoms with Crippen molar-refractivity contribution in [2.45, 2.75) is 13.8 Å². The average molecular weight is 240 g/mol. The number of nitrogen functional groups attached to an aromatic ring is 1. The van der Waals surface area contributed by atoms with E-state index in [1.165, 1.54) is 18.2 Å². The van der Waals surface area contributed by atoms with Crippen LogP contribution in [0.2, 0.25) is 0 Å². The molecular formula is C9H16N6O2. The molecule has 0 saturated carbocycles. The van der Waals surface area contributed by atoms with Crippen LogP contribution in [0, 0.1) is 10.1 Å². The highest BCUT2D eigenvalue weighted by Gasteiger charge is 2.16. The maximum absolute atomic E-state index is 10.7. The number of hydrazine groups is 1. The van der Waals surface area contributed by atoms with Crippen LogP contribution in [-0.2, 0) is 0 Å². The summed E-state index contributed by atoms with van der Waals surface area (Å²) in [5.41, 5.74) is 5.64. The number of hydrogen-bond acceptors (Lipinski definition) is 6. The molecule has 8 heteroatoms. The number of hydrogen-bond donors (Lipinski definition) is 3. The summed E-state index contributed by atoms with van der Waals surface area (Å²) in [6.07, 6.45) is 1.05. The summed E-state index contributed by atoms with van der Waals surface area (Å²) in [5.74, 6) is 10.3. The number of nitrogens with two attached hydrogens (primary N) is 3. The molecule has 0 aliphatic heterocycles. The zero-order valence-electron chi connectivity index (χ0n) is 9.70. The van der Waals surface area contributed by atoms with Crippen LogP contribution >= 0.6 is 0 Å². The Balaban J connectivity index is 0.00000121. The van der Waals surface area contributed by atoms with Gasteiger partial charge in [-0.2, -0.15) is 5.10 Å². The van der Waals surface area contributed by atoms with Gasteiger partial charge in [0.1, 0.15) is 12.0 Å². The highest BCUT2D eigenvalue weighted by atomic mass is 16.6. The molecule has 17 heavy (non-hydrogen) atoms. The molecule has 0 aliphatic rings. The van der Waals surface area contributed by atoms with Crippen molar-refractivity contribution >= 4 is 23.4 Å². The van der Waals surface area contributed by atoms with Gasteiger partial charge in [0.05, 0.1) is 4.92 Å². The van der Waals surface area contributed by atoms with Crippen molar-refractivity contribution < 1.29 is 4.92 Å². The summed E-state index contributed by atoms with van der Waals surface area (Å²) in [5, 5.41) is 14.8. The molecule has 8 nitrogen and oxygen atoms in total. The van der Waals surface area contributed by atoms with E-state index in [-0.39, 0.29) is 17.1 Å². The van der Waals surface area contributed by atoms with Crippen LogP contribution in [0.1, 0.15) is 13.8 Å². The van der Waals surface area contributed by atoms with Crippen LogP contribution in [0.4, 0.5) is 17.1 Å². The first-order chi connectivity index (χ1) is 8.06. The number of nitrogens with zero attached hydrogens (tertiary/aromatic N) is 3. The second-order valence-corrected chi connectivity index (χ2v) is 2.68. The number of nitro benzene ring substituents is 1. The normalized spacial score (nSPS) is 9.59. The van der Waals surface area contributed by atoms with Crippen LogP contribution in [0.3, 0.4) is 0 Å². The lowest BCUT2D eigenvalue weighted by atomic mass is 10.2. The first-order valence-electron chi connectivity index (χ1n) is 4.87. The molecule has 0 heterocycles. The Hall–Kier alpha value is -2.35. The third kappa shape index (κ3) is 3.95. The minimum atomic E-state index is -0.587. The van der Waals surface area contributed by atoms with Gasteiger partial charge >= 0.3 is 0 Å². The summed E-state index contributed by atoms with van der Waals surface area (Å²) in [6.45, 7) is 4.00. The van der Waals surface area contributed by atoms with Crippen LogP contribution < -0.4 is 22.4 Å². The number of benzene rings is 1. The zero-order chi connectivity index (χ0) is 13.4. The standard InChI is InChI=1S/C7H10N6O2.C2H6/c8-5-1-2-6(12(10)4-11-9)7(3-5)13(14)15;1-2/h1-4H,8-10H2;1-2H3/b11-4-;. The Morgan fingerprint density at radius 1 is 1.47 bits per heavy atom. The van der Waals surface area contributed by atoms with E-state index in [0.29, 0.717) is 0 Å². The zero-order valence-corrected chi connectivity index (χ0v) is 9.70. The first kappa shape index (κ1) is 14.6. The van der Waals surface area contributed by atoms with Gasteiger partial charge in [-0.1, -0.05) is 13.8 Å². The van der Waals surface area contributed by atoms with E-state index >= 15 is 0 Å². The largest absolute Gasteiger partial charge is 0.399 e. The second kappa shape index (κ2) is 7.01. The van der Waals surface area contributed by atoms with E-state index in [1.807, 2.05) is 13.8 Å². The van der Waals surface area contributed by atoms with E-state index in [2.05, 4.69) is 5.10 Å². The highest BCUT2D eigenvalue weighted by Crippen LogP contribution is 2.27. The van der Waals surface area contributed by atoms with E-state index in [0.717, 1.165) is 11.3 Å². The maximum Gasteiger partial charge on any atom is 0.296 e. The van der Waals surface area contributed by atoms with Crippen molar-refractivity contribution in [2.75, 3.05) is 10.7 Å². The molecule has 1 aromatic rings. The molecule has 1 aromatic carbocycles. The molecule has 0 saturated heterocycles. The number of rotatable bonds is 3. The number of hydrazone groups is 1. The van der Waals surface area contributed by atoms with E-state index in [4.69, 9.17) is 17.4 Å². The van der Waals surface area contributed by atoms with Gasteiger partial charge in [0.15, 0.2) is 0 Å². The quantitative estimate of drug-likeness (QED) is 0.178. The van der Waals surface area contributed by atoms with Crippen molar-refractivity contribution in [3.05, 3.63) is 28.3 Å². The average Bonchev–Trinajstić information content (AvgIpc) is 2.31. The van der Waals surface area contributed by atoms with E-state index in [9.17, 15) is 10.1 Å². The summed E-state index contributed by atoms with van der Waals surface area (Å²) in [4.78, 5) is 10.1. The van der Waals surface area contributed by atoms with Gasteiger partial charge in [-0.3, -0.25) is 15.1 Å². The molecular weight excluding hydrogens is 224 g/mol. The Kier molecular flexibility index (Phi) is 6.04. The summed E-state index contributed by atoms with van der Waals surface area (Å²) in [7, 11) is 0. The van der Waals surface area contributed by atoms with Gasteiger partial charge in [0.25, 0.3) is 5.69 Å². The smallest absolute Gasteiger partial charge is 0.296 e. The van der Waals surface area contributed by atoms with Gasteiger partial charge < -0.3 is 11.6 Å². The molecule has 0 aromatic heterocycles. The molecule has 0 radical (unpaired) electrons. The van der Waals surface area contributed by atoms with Crippen molar-refractivity contribution in [2.24, 2.45) is 16.8 Å². The lowest BCUT2D eigenvalue weighted by Crippen LogP contribution is -2.30. The minimum Gasteiger partial charge on any atom is -0.399 e. The molecule has 0 unspecified atom stereocenters. The Bertz CT molecular complexity index is 406. The first-order valence-corrected chi connectivity index (χ1v) is 4.87. The lowest BCUT2D eigenvalue weighted by molar-refractivity contribution is -0.384. The lowest BCUT2D eigenvalue weighted by Gasteiger charge is -2.12. The van der Waals surface area contributed by atoms with Crippen LogP contribution in [-0.4, -0.2) is 11.3 Å². The molecule has 0 atom stereocenters. The topological polar surface area (TPSA) is 137 Å². The van der Waals surface area contributed by atoms with Crippen LogP contribution in [0.25, 0.3) is 0 Å². The monoisotopic (exact) mass is 240 g/mol. The van der Waals surface area contributed by atoms with Crippen molar-refractivity contribution in [1.29, 1.82) is 0 Å². The second-order valence-electron chi connectivity index (χ2n) is 2.68. The predicted octanol–water partition coefficient (Wildman–Crippen LogP) is 0.785. The Morgan fingerprint density at radius 3 is 2.53 bits per heavy atom. The Labute approximate surface area is 98.8 Å². The SMILES string of the molecule is CC.N/N=C\N(N)c1ccc(N)cc1[N+](=O)[O-]. The molecule has 6 N–H and O–H groups in total. The number of nitro groups is 1. The fourth-order valence-electron chi connectivity index (χ4n) is 1.04. The minimum absolute atomic E-state index is 0.156. The molecule has 94 valence electrons. The summed E-state index contributed by atoms with van der Waals surface area (Å²) in [6, 6.07) is 4.11. The van der Waals surface area contributed by atoms with Crippen LogP contribution in [0.15, 0.2) is 23.3 Å². The highest BCUT2D eigenvalue weighted by molar-refractivity contribution is 5.83. The fraction of sp³-hybridized carbons (Fsp3) is 0.222. The van der Waals surface area contributed by atoms with Crippen molar-refractivity contribution in [3.8, 4) is 0 Å². The fourth-order valence-corrected chi connectivity index (χ4v) is 1.04. The van der Waals surface area contributed by atoms with Gasteiger partial charge in [-0.25, -0.2) is 5.84 Å². The summed E-state index contributed by atoms with van der Waals surface area (Å²) >= 11 is 0. The Morgan fingerprint density at radius 2 is 2.06 bits per heavy atom. The van der Waals surface area contributed by atoms with Crippen LogP contribution in [0.5, 0.6) is 0 Å². The molecule has 0 bridgehead atoms. The van der Waals surface area contributed by atoms with Gasteiger partial charge in [0, 0.05) is 11.8 Å². The van der Waals surface area contributed by atoms with Gasteiger partial charge in [0.2, 0.25) is 0 Å². The van der Waals surface area contributed by atoms with Crippen molar-refractivity contribution in [3.63, 3.8) is 0 Å². The maximum atomic E-state index is 10.7. The van der Waals surface area contributed by atoms with Crippen molar-refractivity contribution in [1.82, 2.24) is 0 Å². The van der Waals surface area contributed by atoms with E-state index in [1.54, 1.807) is 0 Å². The van der Waals surface area contributed by atoms with E-state index < -0.39 is 4.92 Å². The third-order valence-electron chi connectivity index (χ3n) is 1.67. The number of anilines is 2. The molecule has 1 rings (SSSR count). The molecule has 0 spiro atoms. The molecule has 0 amide bonds.